The van der Waals surface area contributed by atoms with Gasteiger partial charge in [0.25, 0.3) is 0 Å². The first kappa shape index (κ1) is 31.6. The highest BCUT2D eigenvalue weighted by Gasteiger charge is 2.21. The van der Waals surface area contributed by atoms with Gasteiger partial charge < -0.3 is 14.6 Å². The van der Waals surface area contributed by atoms with Gasteiger partial charge in [0.15, 0.2) is 5.84 Å². The molecule has 5 heteroatoms. The summed E-state index contributed by atoms with van der Waals surface area (Å²) >= 11 is 0. The zero-order valence-electron chi connectivity index (χ0n) is 28.3. The number of benzene rings is 5. The Morgan fingerprint density at radius 1 is 0.918 bits per heavy atom. The van der Waals surface area contributed by atoms with E-state index in [1.807, 2.05) is 19.2 Å². The Hall–Kier alpha value is -5.94. The van der Waals surface area contributed by atoms with E-state index in [0.717, 1.165) is 56.1 Å². The zero-order chi connectivity index (χ0) is 33.9. The fourth-order valence-corrected chi connectivity index (χ4v) is 6.47. The fourth-order valence-electron chi connectivity index (χ4n) is 6.47. The molecule has 0 radical (unpaired) electrons. The molecule has 0 fully saturated rings. The van der Waals surface area contributed by atoms with Crippen molar-refractivity contribution < 1.29 is 4.42 Å². The molecule has 7 rings (SSSR count). The molecule has 1 aliphatic carbocycles. The van der Waals surface area contributed by atoms with Crippen LogP contribution in [0.15, 0.2) is 166 Å². The predicted molar refractivity (Wildman–Crippen MR) is 209 cm³/mol. The van der Waals surface area contributed by atoms with Crippen molar-refractivity contribution in [1.82, 2.24) is 5.32 Å². The van der Waals surface area contributed by atoms with Crippen molar-refractivity contribution in [2.75, 3.05) is 25.5 Å². The lowest BCUT2D eigenvalue weighted by Crippen LogP contribution is -2.21. The normalized spacial score (nSPS) is 15.1. The van der Waals surface area contributed by atoms with Gasteiger partial charge in [0.2, 0.25) is 0 Å². The summed E-state index contributed by atoms with van der Waals surface area (Å²) in [6, 6.07) is 35.9. The van der Waals surface area contributed by atoms with E-state index in [1.54, 1.807) is 6.08 Å². The van der Waals surface area contributed by atoms with Crippen LogP contribution >= 0.6 is 0 Å². The van der Waals surface area contributed by atoms with Gasteiger partial charge in [-0.1, -0.05) is 117 Å². The van der Waals surface area contributed by atoms with Crippen LogP contribution in [0.5, 0.6) is 0 Å². The number of anilines is 2. The van der Waals surface area contributed by atoms with E-state index in [4.69, 9.17) is 14.4 Å². The van der Waals surface area contributed by atoms with Crippen molar-refractivity contribution in [1.29, 1.82) is 0 Å². The number of fused-ring (bicyclic) bond motifs is 5. The van der Waals surface area contributed by atoms with Gasteiger partial charge in [-0.15, -0.1) is 0 Å². The van der Waals surface area contributed by atoms with E-state index >= 15 is 0 Å². The number of rotatable bonds is 8. The molecule has 0 spiro atoms. The van der Waals surface area contributed by atoms with Crippen LogP contribution in [-0.4, -0.2) is 32.3 Å². The molecule has 242 valence electrons. The van der Waals surface area contributed by atoms with Crippen molar-refractivity contribution in [2.24, 2.45) is 15.9 Å². The summed E-state index contributed by atoms with van der Waals surface area (Å²) in [5, 5.41) is 7.28. The molecule has 5 aromatic carbocycles. The Kier molecular flexibility index (Phi) is 8.82. The van der Waals surface area contributed by atoms with Crippen LogP contribution in [0, 0.1) is 5.92 Å². The van der Waals surface area contributed by atoms with Crippen molar-refractivity contribution in [2.45, 2.75) is 13.3 Å². The summed E-state index contributed by atoms with van der Waals surface area (Å²) in [6.45, 7) is 10.8. The van der Waals surface area contributed by atoms with E-state index in [-0.39, 0.29) is 0 Å². The van der Waals surface area contributed by atoms with Crippen LogP contribution in [0.3, 0.4) is 0 Å². The van der Waals surface area contributed by atoms with Crippen LogP contribution in [0.2, 0.25) is 0 Å². The summed E-state index contributed by atoms with van der Waals surface area (Å²) in [7, 11) is 3.95. The van der Waals surface area contributed by atoms with Gasteiger partial charge in [-0.3, -0.25) is 4.99 Å². The number of hydrogen-bond donors (Lipinski definition) is 1. The quantitative estimate of drug-likeness (QED) is 0.102. The van der Waals surface area contributed by atoms with Gasteiger partial charge in [-0.2, -0.15) is 0 Å². The Morgan fingerprint density at radius 3 is 2.37 bits per heavy atom. The highest BCUT2D eigenvalue weighted by atomic mass is 16.3. The van der Waals surface area contributed by atoms with Gasteiger partial charge in [0.05, 0.1) is 17.6 Å². The SMILES string of the molecule is C=CC(=C)/C(=N/C(=N\CC1=CCC(C)C=C1)c1cc2c(oc3cccc(N(C)c4ccc(-c5ccccc5)cc4)c32)c2ccccc12)NC. The summed E-state index contributed by atoms with van der Waals surface area (Å²) in [5.74, 6) is 1.78. The standard InChI is InChI=1S/C44H40N4O/c1-6-30(3)43(45-4)47-44(46-28-31-21-19-29(2)20-22-31)37-27-38-41-39(17-12-18-40(41)49-42(38)36-16-11-10-15-35(36)37)48(5)34-25-23-33(24-26-34)32-13-8-7-9-14-32/h6-19,21-27,29H,1,3,20,28H2,2,4-5H3,(H,45,46,47). The van der Waals surface area contributed by atoms with Crippen molar-refractivity contribution in [3.63, 3.8) is 0 Å². The fraction of sp³-hybridized carbons (Fsp3) is 0.136. The molecular formula is C44H40N4O. The number of nitrogens with zero attached hydrogens (tertiary/aromatic N) is 3. The largest absolute Gasteiger partial charge is 0.455 e. The van der Waals surface area contributed by atoms with Gasteiger partial charge in [-0.05, 0) is 64.8 Å². The second-order valence-corrected chi connectivity index (χ2v) is 12.5. The Labute approximate surface area is 288 Å². The second kappa shape index (κ2) is 13.7. The van der Waals surface area contributed by atoms with Crippen LogP contribution in [-0.2, 0) is 0 Å². The number of furan rings is 1. The molecule has 49 heavy (non-hydrogen) atoms. The lowest BCUT2D eigenvalue weighted by atomic mass is 9.98. The highest BCUT2D eigenvalue weighted by molar-refractivity contribution is 6.25. The minimum atomic E-state index is 0.519. The van der Waals surface area contributed by atoms with Crippen molar-refractivity contribution in [3.05, 3.63) is 157 Å². The maximum Gasteiger partial charge on any atom is 0.157 e. The minimum absolute atomic E-state index is 0.519. The van der Waals surface area contributed by atoms with E-state index in [0.29, 0.717) is 29.7 Å². The Bertz CT molecular complexity index is 2320. The van der Waals surface area contributed by atoms with E-state index in [2.05, 4.69) is 147 Å². The van der Waals surface area contributed by atoms with Crippen LogP contribution < -0.4 is 10.2 Å². The highest BCUT2D eigenvalue weighted by Crippen LogP contribution is 2.42. The predicted octanol–water partition coefficient (Wildman–Crippen LogP) is 10.8. The Morgan fingerprint density at radius 2 is 1.65 bits per heavy atom. The average molecular weight is 641 g/mol. The summed E-state index contributed by atoms with van der Waals surface area (Å²) in [4.78, 5) is 12.5. The number of likely N-dealkylation sites (N-methyl/N-ethyl adjacent to an activating group) is 1. The maximum absolute atomic E-state index is 6.67. The summed E-state index contributed by atoms with van der Waals surface area (Å²) in [6.07, 6.45) is 9.42. The van der Waals surface area contributed by atoms with Crippen LogP contribution in [0.1, 0.15) is 18.9 Å². The van der Waals surface area contributed by atoms with E-state index in [1.165, 1.54) is 16.7 Å². The number of hydrogen-bond acceptors (Lipinski definition) is 3. The molecule has 1 aliphatic rings. The number of nitrogens with one attached hydrogen (secondary N) is 1. The number of amidine groups is 2. The third-order valence-electron chi connectivity index (χ3n) is 9.25. The number of aliphatic imine (C=N–C) groups is 2. The molecule has 0 aliphatic heterocycles. The zero-order valence-corrected chi connectivity index (χ0v) is 28.3. The molecule has 1 unspecified atom stereocenters. The first-order chi connectivity index (χ1) is 23.9. The smallest absolute Gasteiger partial charge is 0.157 e. The van der Waals surface area contributed by atoms with Crippen molar-refractivity contribution >= 4 is 55.8 Å². The van der Waals surface area contributed by atoms with Crippen molar-refractivity contribution in [3.8, 4) is 11.1 Å². The average Bonchev–Trinajstić information content (AvgIpc) is 3.54. The molecule has 0 bridgehead atoms. The van der Waals surface area contributed by atoms with Crippen LogP contribution in [0.4, 0.5) is 11.4 Å². The molecule has 5 nitrogen and oxygen atoms in total. The Balaban J connectivity index is 1.41. The molecular weight excluding hydrogens is 601 g/mol. The van der Waals surface area contributed by atoms with Gasteiger partial charge >= 0.3 is 0 Å². The van der Waals surface area contributed by atoms with Gasteiger partial charge in [-0.25, -0.2) is 4.99 Å². The van der Waals surface area contributed by atoms with Gasteiger partial charge in [0.1, 0.15) is 17.0 Å². The second-order valence-electron chi connectivity index (χ2n) is 12.5. The third kappa shape index (κ3) is 6.23. The molecule has 1 aromatic heterocycles. The lowest BCUT2D eigenvalue weighted by molar-refractivity contribution is 0.672. The first-order valence-electron chi connectivity index (χ1n) is 16.7. The molecule has 0 saturated heterocycles. The topological polar surface area (TPSA) is 53.1 Å². The van der Waals surface area contributed by atoms with E-state index in [9.17, 15) is 0 Å². The summed E-state index contributed by atoms with van der Waals surface area (Å²) in [5.41, 5.74) is 8.98. The van der Waals surface area contributed by atoms with Crippen LogP contribution in [0.25, 0.3) is 43.8 Å². The third-order valence-corrected chi connectivity index (χ3v) is 9.25. The molecule has 1 atom stereocenters. The first-order valence-corrected chi connectivity index (χ1v) is 16.7. The lowest BCUT2D eigenvalue weighted by Gasteiger charge is -2.21. The molecule has 1 N–H and O–H groups in total. The van der Waals surface area contributed by atoms with Gasteiger partial charge in [0, 0.05) is 41.7 Å². The maximum atomic E-state index is 6.67. The molecule has 6 aromatic rings. The molecule has 0 amide bonds. The monoisotopic (exact) mass is 640 g/mol. The molecule has 1 heterocycles. The minimum Gasteiger partial charge on any atom is -0.455 e. The molecule has 0 saturated carbocycles. The van der Waals surface area contributed by atoms with E-state index < -0.39 is 0 Å². The number of allylic oxidation sites excluding steroid dienone is 2. The summed E-state index contributed by atoms with van der Waals surface area (Å²) < 4.78 is 6.67.